The van der Waals surface area contributed by atoms with Crippen LogP contribution in [0.4, 0.5) is 0 Å². The Labute approximate surface area is 164 Å². The number of aliphatic hydroxyl groups is 1. The molecule has 1 atom stereocenters. The summed E-state index contributed by atoms with van der Waals surface area (Å²) >= 11 is 1.61. The molecular formula is C21H26N2O3S. The molecule has 1 aliphatic carbocycles. The molecule has 144 valence electrons. The smallest absolute Gasteiger partial charge is 0.230 e. The third-order valence-electron chi connectivity index (χ3n) is 5.02. The maximum Gasteiger partial charge on any atom is 0.230 e. The van der Waals surface area contributed by atoms with Gasteiger partial charge in [-0.05, 0) is 48.4 Å². The number of carbonyl (C=O) groups excluding carboxylic acids is 1. The number of ether oxygens (including phenoxy) is 1. The molecule has 0 bridgehead atoms. The number of methoxy groups -OCH3 is 1. The van der Waals surface area contributed by atoms with Crippen molar-refractivity contribution in [2.24, 2.45) is 5.92 Å². The molecular weight excluding hydrogens is 360 g/mol. The van der Waals surface area contributed by atoms with Gasteiger partial charge in [-0.2, -0.15) is 0 Å². The zero-order valence-electron chi connectivity index (χ0n) is 15.7. The number of nitrogens with one attached hydrogen (secondary N) is 1. The van der Waals surface area contributed by atoms with Gasteiger partial charge in [0.2, 0.25) is 5.91 Å². The molecule has 27 heavy (non-hydrogen) atoms. The second-order valence-corrected chi connectivity index (χ2v) is 7.99. The number of carbonyl (C=O) groups is 1. The molecule has 1 amide bonds. The largest absolute Gasteiger partial charge is 0.495 e. The summed E-state index contributed by atoms with van der Waals surface area (Å²) in [5.41, 5.74) is 3.42. The summed E-state index contributed by atoms with van der Waals surface area (Å²) in [5.74, 6) is 2.10. The Balaban J connectivity index is 1.60. The number of aryl methyl sites for hydroxylation is 1. The number of thioether (sulfide) groups is 1. The van der Waals surface area contributed by atoms with Crippen LogP contribution >= 0.6 is 11.8 Å². The van der Waals surface area contributed by atoms with Gasteiger partial charge in [0.1, 0.15) is 5.75 Å². The monoisotopic (exact) mass is 386 g/mol. The number of nitrogens with zero attached hydrogens (tertiary/aromatic N) is 1. The summed E-state index contributed by atoms with van der Waals surface area (Å²) in [5, 5.41) is 12.8. The van der Waals surface area contributed by atoms with E-state index < -0.39 is 0 Å². The molecule has 0 unspecified atom stereocenters. The molecule has 0 aliphatic heterocycles. The minimum absolute atomic E-state index is 0.00259. The van der Waals surface area contributed by atoms with Crippen LogP contribution in [0.3, 0.4) is 0 Å². The van der Waals surface area contributed by atoms with Crippen molar-refractivity contribution in [1.29, 1.82) is 0 Å². The highest BCUT2D eigenvalue weighted by molar-refractivity contribution is 7.99. The fourth-order valence-corrected chi connectivity index (χ4v) is 4.25. The summed E-state index contributed by atoms with van der Waals surface area (Å²) in [6.45, 7) is 2.09. The van der Waals surface area contributed by atoms with Gasteiger partial charge in [-0.15, -0.1) is 11.8 Å². The number of hydrogen-bond donors (Lipinski definition) is 2. The standard InChI is InChI=1S/C21H26N2O3S/c1-14-5-3-4-6-15(14)12-27-13-20(25)23-21(16-7-18(24)8-16)17-9-19(26-2)11-22-10-17/h3-6,9-11,16,18,21,24H,7-8,12-13H2,1-2H3,(H,23,25)/t16?,18?,21-/m1/s1. The van der Waals surface area contributed by atoms with Crippen molar-refractivity contribution in [2.45, 2.75) is 37.7 Å². The van der Waals surface area contributed by atoms with E-state index in [0.29, 0.717) is 24.3 Å². The van der Waals surface area contributed by atoms with Gasteiger partial charge >= 0.3 is 0 Å². The van der Waals surface area contributed by atoms with E-state index >= 15 is 0 Å². The SMILES string of the molecule is COc1cncc([C@H](NC(=O)CSCc2ccccc2C)C2CC(O)C2)c1. The molecule has 0 spiro atoms. The minimum atomic E-state index is -0.275. The quantitative estimate of drug-likeness (QED) is 0.729. The van der Waals surface area contributed by atoms with Crippen molar-refractivity contribution in [3.05, 3.63) is 59.4 Å². The van der Waals surface area contributed by atoms with Crippen molar-refractivity contribution < 1.29 is 14.6 Å². The van der Waals surface area contributed by atoms with E-state index in [1.54, 1.807) is 31.3 Å². The van der Waals surface area contributed by atoms with Crippen LogP contribution in [-0.2, 0) is 10.5 Å². The first-order chi connectivity index (χ1) is 13.1. The van der Waals surface area contributed by atoms with Crippen LogP contribution in [-0.4, -0.2) is 35.0 Å². The summed E-state index contributed by atoms with van der Waals surface area (Å²) in [6.07, 6.45) is 4.52. The molecule has 2 N–H and O–H groups in total. The molecule has 1 fully saturated rings. The summed E-state index contributed by atoms with van der Waals surface area (Å²) in [4.78, 5) is 16.7. The molecule has 0 radical (unpaired) electrons. The third-order valence-corrected chi connectivity index (χ3v) is 6.00. The van der Waals surface area contributed by atoms with E-state index in [1.165, 1.54) is 11.1 Å². The number of aromatic nitrogens is 1. The number of aliphatic hydroxyl groups excluding tert-OH is 1. The van der Waals surface area contributed by atoms with Crippen LogP contribution < -0.4 is 10.1 Å². The highest BCUT2D eigenvalue weighted by Gasteiger charge is 2.36. The lowest BCUT2D eigenvalue weighted by Crippen LogP contribution is -2.42. The third kappa shape index (κ3) is 5.23. The van der Waals surface area contributed by atoms with Gasteiger partial charge in [-0.3, -0.25) is 9.78 Å². The molecule has 2 aromatic rings. The fourth-order valence-electron chi connectivity index (χ4n) is 3.33. The average Bonchev–Trinajstić information content (AvgIpc) is 2.65. The molecule has 5 nitrogen and oxygen atoms in total. The minimum Gasteiger partial charge on any atom is -0.495 e. The van der Waals surface area contributed by atoms with Crippen molar-refractivity contribution in [3.8, 4) is 5.75 Å². The highest BCUT2D eigenvalue weighted by Crippen LogP contribution is 2.38. The summed E-state index contributed by atoms with van der Waals surface area (Å²) in [6, 6.07) is 9.99. The lowest BCUT2D eigenvalue weighted by molar-refractivity contribution is -0.120. The van der Waals surface area contributed by atoms with Gasteiger partial charge in [0.05, 0.1) is 31.2 Å². The van der Waals surface area contributed by atoms with Crippen molar-refractivity contribution >= 4 is 17.7 Å². The fraction of sp³-hybridized carbons (Fsp3) is 0.429. The normalized spacial score (nSPS) is 19.8. The number of amides is 1. The van der Waals surface area contributed by atoms with Gasteiger partial charge in [-0.25, -0.2) is 0 Å². The lowest BCUT2D eigenvalue weighted by atomic mass is 9.75. The zero-order chi connectivity index (χ0) is 19.2. The van der Waals surface area contributed by atoms with Gasteiger partial charge in [0.15, 0.2) is 0 Å². The van der Waals surface area contributed by atoms with Crippen molar-refractivity contribution in [2.75, 3.05) is 12.9 Å². The molecule has 1 saturated carbocycles. The summed E-state index contributed by atoms with van der Waals surface area (Å²) in [7, 11) is 1.60. The van der Waals surface area contributed by atoms with E-state index in [1.807, 2.05) is 18.2 Å². The second-order valence-electron chi connectivity index (χ2n) is 7.01. The molecule has 0 saturated heterocycles. The molecule has 1 heterocycles. The molecule has 6 heteroatoms. The Bertz CT molecular complexity index is 778. The Morgan fingerprint density at radius 1 is 1.37 bits per heavy atom. The van der Waals surface area contributed by atoms with Gasteiger partial charge < -0.3 is 15.2 Å². The van der Waals surface area contributed by atoms with Crippen LogP contribution in [0, 0.1) is 12.8 Å². The number of benzene rings is 1. The average molecular weight is 387 g/mol. The Morgan fingerprint density at radius 3 is 2.85 bits per heavy atom. The number of hydrogen-bond acceptors (Lipinski definition) is 5. The van der Waals surface area contributed by atoms with Crippen LogP contribution in [0.2, 0.25) is 0 Å². The predicted octanol–water partition coefficient (Wildman–Crippen LogP) is 3.26. The molecule has 1 aliphatic rings. The van der Waals surface area contributed by atoms with Crippen molar-refractivity contribution in [1.82, 2.24) is 10.3 Å². The van der Waals surface area contributed by atoms with Gasteiger partial charge in [0, 0.05) is 11.9 Å². The first-order valence-corrected chi connectivity index (χ1v) is 10.3. The highest BCUT2D eigenvalue weighted by atomic mass is 32.2. The first-order valence-electron chi connectivity index (χ1n) is 9.15. The maximum atomic E-state index is 12.5. The van der Waals surface area contributed by atoms with E-state index in [0.717, 1.165) is 11.3 Å². The van der Waals surface area contributed by atoms with E-state index in [9.17, 15) is 9.90 Å². The van der Waals surface area contributed by atoms with Crippen LogP contribution in [0.25, 0.3) is 0 Å². The van der Waals surface area contributed by atoms with Gasteiger partial charge in [0.25, 0.3) is 0 Å². The van der Waals surface area contributed by atoms with Crippen LogP contribution in [0.5, 0.6) is 5.75 Å². The lowest BCUT2D eigenvalue weighted by Gasteiger charge is -2.38. The zero-order valence-corrected chi connectivity index (χ0v) is 16.5. The molecule has 1 aromatic heterocycles. The van der Waals surface area contributed by atoms with Crippen LogP contribution in [0.15, 0.2) is 42.7 Å². The Kier molecular flexibility index (Phi) is 6.74. The number of rotatable bonds is 8. The topological polar surface area (TPSA) is 71.5 Å². The predicted molar refractivity (Wildman–Crippen MR) is 108 cm³/mol. The first kappa shape index (κ1) is 19.7. The molecule has 1 aromatic carbocycles. The maximum absolute atomic E-state index is 12.5. The van der Waals surface area contributed by atoms with Crippen molar-refractivity contribution in [3.63, 3.8) is 0 Å². The van der Waals surface area contributed by atoms with Crippen LogP contribution in [0.1, 0.15) is 35.6 Å². The second kappa shape index (κ2) is 9.24. The van der Waals surface area contributed by atoms with Gasteiger partial charge in [-0.1, -0.05) is 24.3 Å². The van der Waals surface area contributed by atoms with E-state index in [-0.39, 0.29) is 24.0 Å². The van der Waals surface area contributed by atoms with E-state index in [2.05, 4.69) is 29.4 Å². The Morgan fingerprint density at radius 2 is 2.15 bits per heavy atom. The summed E-state index contributed by atoms with van der Waals surface area (Å²) < 4.78 is 5.26. The number of pyridine rings is 1. The molecule has 3 rings (SSSR count). The van der Waals surface area contributed by atoms with E-state index in [4.69, 9.17) is 4.74 Å². The Hall–Kier alpha value is -2.05.